The van der Waals surface area contributed by atoms with Crippen LogP contribution in [0.5, 0.6) is 0 Å². The first kappa shape index (κ1) is 22.9. The fourth-order valence-electron chi connectivity index (χ4n) is 4.61. The van der Waals surface area contributed by atoms with Gasteiger partial charge in [0.2, 0.25) is 0 Å². The van der Waals surface area contributed by atoms with Gasteiger partial charge >= 0.3 is 0 Å². The van der Waals surface area contributed by atoms with E-state index in [9.17, 15) is 18.0 Å². The molecule has 5 rings (SSSR count). The fraction of sp³-hybridized carbons (Fsp3) is 0.333. The molecule has 1 fully saturated rings. The van der Waals surface area contributed by atoms with Crippen LogP contribution in [-0.2, 0) is 6.54 Å². The normalized spacial score (nSPS) is 18.1. The maximum absolute atomic E-state index is 14.6. The van der Waals surface area contributed by atoms with Gasteiger partial charge in [0.15, 0.2) is 23.3 Å². The zero-order valence-electron chi connectivity index (χ0n) is 19.0. The van der Waals surface area contributed by atoms with E-state index in [1.807, 2.05) is 6.92 Å². The van der Waals surface area contributed by atoms with Gasteiger partial charge in [-0.25, -0.2) is 28.1 Å². The minimum Gasteiger partial charge on any atom is -0.365 e. The third-order valence-electron chi connectivity index (χ3n) is 6.30. The topological polar surface area (TPSA) is 101 Å². The van der Waals surface area contributed by atoms with Crippen LogP contribution in [0.15, 0.2) is 36.9 Å². The van der Waals surface area contributed by atoms with Gasteiger partial charge < -0.3 is 20.2 Å². The van der Waals surface area contributed by atoms with E-state index in [0.717, 1.165) is 31.5 Å². The lowest BCUT2D eigenvalue weighted by Crippen LogP contribution is -2.42. The maximum atomic E-state index is 14.6. The van der Waals surface area contributed by atoms with Gasteiger partial charge in [0.25, 0.3) is 5.91 Å². The van der Waals surface area contributed by atoms with E-state index in [0.29, 0.717) is 24.4 Å². The second kappa shape index (κ2) is 9.40. The summed E-state index contributed by atoms with van der Waals surface area (Å²) in [5.74, 6) is -1.84. The number of anilines is 1. The summed E-state index contributed by atoms with van der Waals surface area (Å²) in [7, 11) is 0. The number of H-pyrrole nitrogens is 1. The summed E-state index contributed by atoms with van der Waals surface area (Å²) in [5.41, 5.74) is 0.486. The molecule has 0 bridgehead atoms. The van der Waals surface area contributed by atoms with Gasteiger partial charge in [0.05, 0.1) is 11.7 Å². The number of aromatic nitrogens is 5. The second-order valence-electron chi connectivity index (χ2n) is 8.62. The quantitative estimate of drug-likeness (QED) is 0.377. The lowest BCUT2D eigenvalue weighted by Gasteiger charge is -2.30. The first-order valence-electron chi connectivity index (χ1n) is 11.5. The minimum atomic E-state index is -0.733. The Kier molecular flexibility index (Phi) is 6.14. The van der Waals surface area contributed by atoms with Gasteiger partial charge in [-0.3, -0.25) is 4.79 Å². The molecule has 2 atom stereocenters. The first-order chi connectivity index (χ1) is 16.9. The molecule has 1 aromatic carbocycles. The van der Waals surface area contributed by atoms with E-state index < -0.39 is 17.5 Å². The van der Waals surface area contributed by atoms with Gasteiger partial charge in [-0.15, -0.1) is 0 Å². The molecule has 0 spiro atoms. The Bertz CT molecular complexity index is 1380. The summed E-state index contributed by atoms with van der Waals surface area (Å²) < 4.78 is 44.2. The van der Waals surface area contributed by atoms with E-state index in [2.05, 4.69) is 30.6 Å². The molecule has 1 amide bonds. The number of aromatic amines is 1. The highest BCUT2D eigenvalue weighted by Crippen LogP contribution is 2.30. The smallest absolute Gasteiger partial charge is 0.287 e. The third kappa shape index (κ3) is 4.58. The Labute approximate surface area is 199 Å². The van der Waals surface area contributed by atoms with E-state index in [-0.39, 0.29) is 40.5 Å². The Morgan fingerprint density at radius 2 is 2.00 bits per heavy atom. The molecule has 0 unspecified atom stereocenters. The number of aryl methyl sites for hydroxylation is 1. The number of amides is 1. The Morgan fingerprint density at radius 3 is 2.83 bits per heavy atom. The molecule has 182 valence electrons. The van der Waals surface area contributed by atoms with Gasteiger partial charge in [0.1, 0.15) is 11.6 Å². The van der Waals surface area contributed by atoms with Crippen molar-refractivity contribution in [3.05, 3.63) is 60.2 Å². The van der Waals surface area contributed by atoms with Crippen molar-refractivity contribution in [2.24, 2.45) is 0 Å². The summed E-state index contributed by atoms with van der Waals surface area (Å²) >= 11 is 0. The molecular weight excluding hydrogens is 459 g/mol. The van der Waals surface area contributed by atoms with Crippen molar-refractivity contribution in [2.75, 3.05) is 5.32 Å². The van der Waals surface area contributed by atoms with Crippen LogP contribution < -0.4 is 10.6 Å². The maximum Gasteiger partial charge on any atom is 0.287 e. The van der Waals surface area contributed by atoms with Gasteiger partial charge in [-0.2, -0.15) is 0 Å². The summed E-state index contributed by atoms with van der Waals surface area (Å²) in [4.78, 5) is 27.9. The highest BCUT2D eigenvalue weighted by molar-refractivity contribution is 5.94. The zero-order valence-corrected chi connectivity index (χ0v) is 19.0. The number of hydrogen-bond donors (Lipinski definition) is 3. The van der Waals surface area contributed by atoms with Crippen LogP contribution in [0.4, 0.5) is 19.0 Å². The molecule has 4 aromatic rings. The molecule has 0 radical (unpaired) electrons. The Balaban J connectivity index is 1.32. The molecule has 35 heavy (non-hydrogen) atoms. The lowest BCUT2D eigenvalue weighted by atomic mass is 9.91. The summed E-state index contributed by atoms with van der Waals surface area (Å²) in [5, 5.41) is 6.42. The molecule has 8 nitrogen and oxygen atoms in total. The average molecular weight is 483 g/mol. The molecule has 0 saturated heterocycles. The molecule has 1 aliphatic rings. The predicted molar refractivity (Wildman–Crippen MR) is 124 cm³/mol. The van der Waals surface area contributed by atoms with Gasteiger partial charge in [0, 0.05) is 54.2 Å². The monoisotopic (exact) mass is 483 g/mol. The molecule has 3 heterocycles. The number of benzene rings is 1. The van der Waals surface area contributed by atoms with Crippen molar-refractivity contribution in [3.63, 3.8) is 0 Å². The number of carbonyl (C=O) groups excluding carboxylic acids is 1. The van der Waals surface area contributed by atoms with Crippen LogP contribution in [0.3, 0.4) is 0 Å². The van der Waals surface area contributed by atoms with E-state index in [1.165, 1.54) is 12.3 Å². The molecule has 3 N–H and O–H groups in total. The van der Waals surface area contributed by atoms with E-state index >= 15 is 0 Å². The second-order valence-corrected chi connectivity index (χ2v) is 8.62. The number of halogens is 3. The van der Waals surface area contributed by atoms with Crippen LogP contribution in [0.25, 0.3) is 22.3 Å². The highest BCUT2D eigenvalue weighted by Gasteiger charge is 2.26. The molecule has 11 heteroatoms. The van der Waals surface area contributed by atoms with Crippen molar-refractivity contribution in [3.8, 4) is 11.4 Å². The minimum absolute atomic E-state index is 0.000252. The van der Waals surface area contributed by atoms with Crippen molar-refractivity contribution in [2.45, 2.75) is 51.2 Å². The third-order valence-corrected chi connectivity index (χ3v) is 6.30. The zero-order chi connectivity index (χ0) is 24.5. The fourth-order valence-corrected chi connectivity index (χ4v) is 4.61. The molecule has 1 saturated carbocycles. The summed E-state index contributed by atoms with van der Waals surface area (Å²) in [6.45, 7) is 2.58. The highest BCUT2D eigenvalue weighted by atomic mass is 19.1. The van der Waals surface area contributed by atoms with Gasteiger partial charge in [-0.1, -0.05) is 0 Å². The van der Waals surface area contributed by atoms with Crippen molar-refractivity contribution >= 4 is 22.6 Å². The standard InChI is InChI=1S/C24H24F3N7O/c1-2-34-7-6-28-23(34)24(35)32-15-5-3-4-14(10-15)31-22-19(27)12-30-21(33-22)17-11-29-20-16(17)8-13(25)9-18(20)26/h6-9,11-12,14-15,29H,2-5,10H2,1H3,(H,32,35)(H,30,31,33)/t14-,15+/m0/s1. The molecule has 3 aromatic heterocycles. The SMILES string of the molecule is CCn1ccnc1C(=O)N[C@@H]1CCC[C@H](Nc2nc(-c3c[nH]c4c(F)cc(F)cc34)ncc2F)C1. The summed E-state index contributed by atoms with van der Waals surface area (Å²) in [6, 6.07) is 1.74. The number of carbonyl (C=O) groups is 1. The van der Waals surface area contributed by atoms with E-state index in [1.54, 1.807) is 17.0 Å². The predicted octanol–water partition coefficient (Wildman–Crippen LogP) is 4.41. The number of fused-ring (bicyclic) bond motifs is 1. The van der Waals surface area contributed by atoms with Crippen LogP contribution in [-0.4, -0.2) is 42.5 Å². The number of nitrogens with one attached hydrogen (secondary N) is 3. The van der Waals surface area contributed by atoms with Crippen LogP contribution >= 0.6 is 0 Å². The average Bonchev–Trinajstić information content (AvgIpc) is 3.48. The first-order valence-corrected chi connectivity index (χ1v) is 11.5. The molecule has 0 aliphatic heterocycles. The number of rotatable bonds is 6. The Hall–Kier alpha value is -3.89. The molecular formula is C24H24F3N7O. The van der Waals surface area contributed by atoms with Crippen LogP contribution in [0.2, 0.25) is 0 Å². The van der Waals surface area contributed by atoms with Crippen LogP contribution in [0.1, 0.15) is 43.2 Å². The van der Waals surface area contributed by atoms with Crippen molar-refractivity contribution < 1.29 is 18.0 Å². The van der Waals surface area contributed by atoms with E-state index in [4.69, 9.17) is 0 Å². The number of hydrogen-bond acceptors (Lipinski definition) is 5. The van der Waals surface area contributed by atoms with Gasteiger partial charge in [-0.05, 0) is 38.7 Å². The number of imidazole rings is 1. The Morgan fingerprint density at radius 1 is 1.17 bits per heavy atom. The lowest BCUT2D eigenvalue weighted by molar-refractivity contribution is 0.0911. The van der Waals surface area contributed by atoms with Crippen LogP contribution in [0, 0.1) is 17.5 Å². The summed E-state index contributed by atoms with van der Waals surface area (Å²) in [6.07, 6.45) is 8.86. The number of nitrogens with zero attached hydrogens (tertiary/aromatic N) is 4. The van der Waals surface area contributed by atoms with Crippen molar-refractivity contribution in [1.82, 2.24) is 29.8 Å². The van der Waals surface area contributed by atoms with Crippen molar-refractivity contribution in [1.29, 1.82) is 0 Å². The molecule has 1 aliphatic carbocycles. The largest absolute Gasteiger partial charge is 0.365 e.